The van der Waals surface area contributed by atoms with Crippen molar-refractivity contribution in [2.24, 2.45) is 5.73 Å². The van der Waals surface area contributed by atoms with E-state index in [4.69, 9.17) is 5.73 Å². The second kappa shape index (κ2) is 4.32. The molecule has 0 aromatic heterocycles. The fourth-order valence-electron chi connectivity index (χ4n) is 0.912. The van der Waals surface area contributed by atoms with Gasteiger partial charge >= 0.3 is 6.18 Å². The first kappa shape index (κ1) is 10.8. The molecule has 78 valence electrons. The predicted octanol–water partition coefficient (Wildman–Crippen LogP) is 1.96. The van der Waals surface area contributed by atoms with Crippen molar-refractivity contribution >= 4 is 0 Å². The molecule has 1 rings (SSSR count). The second-order valence-electron chi connectivity index (χ2n) is 2.70. The van der Waals surface area contributed by atoms with E-state index in [1.54, 1.807) is 18.2 Å². The summed E-state index contributed by atoms with van der Waals surface area (Å²) in [5, 5.41) is 0. The number of ether oxygens (including phenoxy) is 1. The zero-order chi connectivity index (χ0) is 10.6. The fourth-order valence-corrected chi connectivity index (χ4v) is 0.912. The van der Waals surface area contributed by atoms with Crippen molar-refractivity contribution in [2.75, 3.05) is 6.54 Å². The van der Waals surface area contributed by atoms with E-state index < -0.39 is 18.8 Å². The highest BCUT2D eigenvalue weighted by molar-refractivity contribution is 5.21. The molecular weight excluding hydrogens is 195 g/mol. The summed E-state index contributed by atoms with van der Waals surface area (Å²) in [6, 6.07) is 7.79. The number of nitrogens with two attached hydrogens (primary N) is 1. The van der Waals surface area contributed by atoms with E-state index in [0.29, 0.717) is 0 Å². The lowest BCUT2D eigenvalue weighted by molar-refractivity contribution is -0.191. The van der Waals surface area contributed by atoms with Crippen LogP contribution in [0.2, 0.25) is 0 Å². The van der Waals surface area contributed by atoms with Crippen molar-refractivity contribution in [2.45, 2.75) is 12.3 Å². The first-order valence-electron chi connectivity index (χ1n) is 4.02. The molecule has 14 heavy (non-hydrogen) atoms. The van der Waals surface area contributed by atoms with Crippen molar-refractivity contribution in [3.63, 3.8) is 0 Å². The molecule has 0 aliphatic carbocycles. The monoisotopic (exact) mass is 205 g/mol. The number of benzene rings is 1. The van der Waals surface area contributed by atoms with Gasteiger partial charge in [0.05, 0.1) is 0 Å². The van der Waals surface area contributed by atoms with Gasteiger partial charge in [0.15, 0.2) is 0 Å². The predicted molar refractivity (Wildman–Crippen MR) is 46.0 cm³/mol. The first-order valence-corrected chi connectivity index (χ1v) is 4.02. The lowest BCUT2D eigenvalue weighted by atomic mass is 10.3. The van der Waals surface area contributed by atoms with Gasteiger partial charge in [-0.05, 0) is 12.1 Å². The van der Waals surface area contributed by atoms with E-state index in [-0.39, 0.29) is 5.75 Å². The maximum absolute atomic E-state index is 12.2. The van der Waals surface area contributed by atoms with Gasteiger partial charge < -0.3 is 10.5 Å². The van der Waals surface area contributed by atoms with Crippen LogP contribution in [0.25, 0.3) is 0 Å². The van der Waals surface area contributed by atoms with Crippen molar-refractivity contribution in [3.05, 3.63) is 30.3 Å². The number of hydrogen-bond acceptors (Lipinski definition) is 2. The van der Waals surface area contributed by atoms with Crippen molar-refractivity contribution in [1.29, 1.82) is 0 Å². The Labute approximate surface area is 79.5 Å². The molecule has 2 N–H and O–H groups in total. The highest BCUT2D eigenvalue weighted by Crippen LogP contribution is 2.24. The van der Waals surface area contributed by atoms with Crippen LogP contribution in [0.3, 0.4) is 0 Å². The maximum atomic E-state index is 12.2. The third-order valence-corrected chi connectivity index (χ3v) is 1.60. The molecule has 0 radical (unpaired) electrons. The minimum absolute atomic E-state index is 0.167. The van der Waals surface area contributed by atoms with Crippen LogP contribution in [0.15, 0.2) is 30.3 Å². The highest BCUT2D eigenvalue weighted by Gasteiger charge is 2.40. The molecule has 0 heterocycles. The summed E-state index contributed by atoms with van der Waals surface area (Å²) in [5.41, 5.74) is 4.96. The zero-order valence-electron chi connectivity index (χ0n) is 7.29. The summed E-state index contributed by atoms with van der Waals surface area (Å²) < 4.78 is 41.3. The molecule has 0 bridgehead atoms. The molecule has 0 aliphatic rings. The second-order valence-corrected chi connectivity index (χ2v) is 2.70. The molecule has 1 unspecified atom stereocenters. The number of halogens is 3. The van der Waals surface area contributed by atoms with E-state index in [1.165, 1.54) is 12.1 Å². The van der Waals surface area contributed by atoms with E-state index in [0.717, 1.165) is 0 Å². The Morgan fingerprint density at radius 3 is 2.21 bits per heavy atom. The average Bonchev–Trinajstić information content (AvgIpc) is 2.14. The molecule has 1 atom stereocenters. The third-order valence-electron chi connectivity index (χ3n) is 1.60. The molecule has 0 amide bonds. The summed E-state index contributed by atoms with van der Waals surface area (Å²) in [5.74, 6) is 0.167. The topological polar surface area (TPSA) is 35.2 Å². The fraction of sp³-hybridized carbons (Fsp3) is 0.333. The molecule has 0 fully saturated rings. The summed E-state index contributed by atoms with van der Waals surface area (Å²) in [7, 11) is 0. The number of rotatable bonds is 3. The molecule has 0 spiro atoms. The number of alkyl halides is 3. The Morgan fingerprint density at radius 1 is 1.21 bits per heavy atom. The Kier molecular flexibility index (Phi) is 3.35. The number of para-hydroxylation sites is 1. The van der Waals surface area contributed by atoms with Crippen LogP contribution in [0.4, 0.5) is 13.2 Å². The van der Waals surface area contributed by atoms with Gasteiger partial charge in [-0.3, -0.25) is 0 Å². The van der Waals surface area contributed by atoms with E-state index in [2.05, 4.69) is 4.74 Å². The Balaban J connectivity index is 2.67. The lowest BCUT2D eigenvalue weighted by Crippen LogP contribution is -2.40. The van der Waals surface area contributed by atoms with Gasteiger partial charge in [-0.25, -0.2) is 0 Å². The average molecular weight is 205 g/mol. The van der Waals surface area contributed by atoms with Crippen LogP contribution in [0.1, 0.15) is 0 Å². The van der Waals surface area contributed by atoms with Crippen molar-refractivity contribution < 1.29 is 17.9 Å². The summed E-state index contributed by atoms with van der Waals surface area (Å²) in [4.78, 5) is 0. The van der Waals surface area contributed by atoms with Crippen LogP contribution >= 0.6 is 0 Å². The van der Waals surface area contributed by atoms with Crippen LogP contribution in [0.5, 0.6) is 5.75 Å². The van der Waals surface area contributed by atoms with Crippen molar-refractivity contribution in [1.82, 2.24) is 0 Å². The highest BCUT2D eigenvalue weighted by atomic mass is 19.4. The van der Waals surface area contributed by atoms with Gasteiger partial charge in [0, 0.05) is 6.54 Å². The Hall–Kier alpha value is -1.23. The zero-order valence-corrected chi connectivity index (χ0v) is 7.29. The Bertz CT molecular complexity index is 273. The van der Waals surface area contributed by atoms with Crippen LogP contribution in [0, 0.1) is 0 Å². The van der Waals surface area contributed by atoms with Gasteiger partial charge in [0.25, 0.3) is 0 Å². The van der Waals surface area contributed by atoms with Gasteiger partial charge in [0.2, 0.25) is 6.10 Å². The van der Waals surface area contributed by atoms with Gasteiger partial charge in [0.1, 0.15) is 5.75 Å². The van der Waals surface area contributed by atoms with E-state index in [9.17, 15) is 13.2 Å². The molecule has 1 aromatic rings. The molecule has 0 saturated heterocycles. The molecule has 0 aliphatic heterocycles. The van der Waals surface area contributed by atoms with Crippen LogP contribution < -0.4 is 10.5 Å². The Morgan fingerprint density at radius 2 is 1.79 bits per heavy atom. The molecule has 0 saturated carbocycles. The van der Waals surface area contributed by atoms with Crippen molar-refractivity contribution in [3.8, 4) is 5.75 Å². The standard InChI is InChI=1S/C9H10F3NO/c10-9(11,12)8(6-13)14-7-4-2-1-3-5-7/h1-5,8H,6,13H2. The number of hydrogen-bond donors (Lipinski definition) is 1. The van der Waals surface area contributed by atoms with Crippen LogP contribution in [-0.2, 0) is 0 Å². The maximum Gasteiger partial charge on any atom is 0.426 e. The molecule has 1 aromatic carbocycles. The summed E-state index contributed by atoms with van der Waals surface area (Å²) in [6.07, 6.45) is -6.37. The first-order chi connectivity index (χ1) is 6.54. The lowest BCUT2D eigenvalue weighted by Gasteiger charge is -2.19. The van der Waals surface area contributed by atoms with Crippen LogP contribution in [-0.4, -0.2) is 18.8 Å². The summed E-state index contributed by atoms with van der Waals surface area (Å²) >= 11 is 0. The van der Waals surface area contributed by atoms with E-state index >= 15 is 0 Å². The van der Waals surface area contributed by atoms with Gasteiger partial charge in [-0.15, -0.1) is 0 Å². The van der Waals surface area contributed by atoms with Gasteiger partial charge in [-0.2, -0.15) is 13.2 Å². The quantitative estimate of drug-likeness (QED) is 0.818. The normalized spacial score (nSPS) is 13.7. The molecular formula is C9H10F3NO. The SMILES string of the molecule is NCC(Oc1ccccc1)C(F)(F)F. The minimum Gasteiger partial charge on any atom is -0.480 e. The summed E-state index contributed by atoms with van der Waals surface area (Å²) in [6.45, 7) is -0.585. The minimum atomic E-state index is -4.43. The molecule has 5 heteroatoms. The largest absolute Gasteiger partial charge is 0.480 e. The molecule has 2 nitrogen and oxygen atoms in total. The third kappa shape index (κ3) is 2.92. The smallest absolute Gasteiger partial charge is 0.426 e. The van der Waals surface area contributed by atoms with Gasteiger partial charge in [-0.1, -0.05) is 18.2 Å². The van der Waals surface area contributed by atoms with E-state index in [1.807, 2.05) is 0 Å².